The zero-order valence-electron chi connectivity index (χ0n) is 18.4. The zero-order valence-corrected chi connectivity index (χ0v) is 19.1. The molecule has 0 saturated heterocycles. The Morgan fingerprint density at radius 2 is 1.74 bits per heavy atom. The third-order valence-corrected chi connectivity index (χ3v) is 6.14. The number of benzene rings is 3. The monoisotopic (exact) mass is 470 g/mol. The number of carbonyl (C=O) groups is 2. The van der Waals surface area contributed by atoms with Crippen LogP contribution in [-0.2, 0) is 7.05 Å². The van der Waals surface area contributed by atoms with Crippen LogP contribution in [0.5, 0.6) is 0 Å². The molecule has 0 aliphatic carbocycles. The lowest BCUT2D eigenvalue weighted by molar-refractivity contribution is 0.0696. The third-order valence-electron chi connectivity index (χ3n) is 5.83. The molecule has 0 fully saturated rings. The highest BCUT2D eigenvalue weighted by molar-refractivity contribution is 6.34. The van der Waals surface area contributed by atoms with E-state index in [1.807, 2.05) is 42.8 Å². The van der Waals surface area contributed by atoms with Crippen LogP contribution in [0, 0.1) is 6.92 Å². The van der Waals surface area contributed by atoms with Crippen LogP contribution in [0.3, 0.4) is 0 Å². The van der Waals surface area contributed by atoms with E-state index in [1.165, 1.54) is 16.8 Å². The van der Waals surface area contributed by atoms with Gasteiger partial charge in [0.2, 0.25) is 0 Å². The van der Waals surface area contributed by atoms with Crippen LogP contribution in [0.4, 0.5) is 0 Å². The van der Waals surface area contributed by atoms with Crippen molar-refractivity contribution in [1.82, 2.24) is 19.3 Å². The van der Waals surface area contributed by atoms with E-state index in [1.54, 1.807) is 36.8 Å². The Morgan fingerprint density at radius 1 is 1.00 bits per heavy atom. The van der Waals surface area contributed by atoms with Crippen LogP contribution in [0.15, 0.2) is 73.2 Å². The number of rotatable bonds is 4. The van der Waals surface area contributed by atoms with E-state index in [4.69, 9.17) is 11.6 Å². The first kappa shape index (κ1) is 21.6. The van der Waals surface area contributed by atoms with Crippen LogP contribution in [-0.4, -0.2) is 36.3 Å². The number of carboxylic acids is 1. The van der Waals surface area contributed by atoms with Gasteiger partial charge in [-0.05, 0) is 42.8 Å². The van der Waals surface area contributed by atoms with Crippen molar-refractivity contribution in [2.24, 2.45) is 7.05 Å². The Hall–Kier alpha value is -4.23. The second kappa shape index (κ2) is 8.28. The van der Waals surface area contributed by atoms with Crippen molar-refractivity contribution in [2.45, 2.75) is 6.92 Å². The van der Waals surface area contributed by atoms with Crippen molar-refractivity contribution < 1.29 is 14.7 Å². The maximum absolute atomic E-state index is 13.7. The Balaban J connectivity index is 1.75. The summed E-state index contributed by atoms with van der Waals surface area (Å²) in [4.78, 5) is 29.1. The number of fused-ring (bicyclic) bond motifs is 1. The van der Waals surface area contributed by atoms with Gasteiger partial charge < -0.3 is 9.67 Å². The molecule has 3 aromatic carbocycles. The number of carboxylic acid groups (broad SMARTS) is 1. The summed E-state index contributed by atoms with van der Waals surface area (Å²) in [5.41, 5.74) is 4.96. The number of hydrogen-bond donors (Lipinski definition) is 1. The van der Waals surface area contributed by atoms with E-state index < -0.39 is 5.97 Å². The minimum absolute atomic E-state index is 0.175. The Kier molecular flexibility index (Phi) is 5.26. The first-order valence-corrected chi connectivity index (χ1v) is 10.9. The standard InChI is InChI=1S/C26H19ClN4O3/c1-15-4-3-5-20(27)23(15)25(32)31-21-12-18(22-13-28-14-30(22)2)10-11-19(21)24(29-31)16-6-8-17(9-7-16)26(33)34/h3-14H,1-2H3,(H,33,34). The number of halogens is 1. The quantitative estimate of drug-likeness (QED) is 0.377. The molecule has 2 heterocycles. The summed E-state index contributed by atoms with van der Waals surface area (Å²) >= 11 is 6.40. The largest absolute Gasteiger partial charge is 0.478 e. The van der Waals surface area contributed by atoms with Crippen molar-refractivity contribution in [3.63, 3.8) is 0 Å². The molecule has 0 spiro atoms. The fourth-order valence-electron chi connectivity index (χ4n) is 4.06. The van der Waals surface area contributed by atoms with Crippen molar-refractivity contribution >= 4 is 34.4 Å². The summed E-state index contributed by atoms with van der Waals surface area (Å²) < 4.78 is 3.26. The van der Waals surface area contributed by atoms with Crippen molar-refractivity contribution in [1.29, 1.82) is 0 Å². The molecule has 2 aromatic heterocycles. The number of carbonyl (C=O) groups excluding carboxylic acids is 1. The van der Waals surface area contributed by atoms with E-state index in [0.29, 0.717) is 27.4 Å². The van der Waals surface area contributed by atoms with Crippen LogP contribution in [0.1, 0.15) is 26.3 Å². The molecular weight excluding hydrogens is 452 g/mol. The molecular formula is C26H19ClN4O3. The van der Waals surface area contributed by atoms with E-state index in [-0.39, 0.29) is 11.5 Å². The Labute approximate surface area is 199 Å². The molecule has 34 heavy (non-hydrogen) atoms. The van der Waals surface area contributed by atoms with Crippen molar-refractivity contribution in [3.8, 4) is 22.5 Å². The molecule has 0 amide bonds. The summed E-state index contributed by atoms with van der Waals surface area (Å²) in [7, 11) is 1.90. The fraction of sp³-hybridized carbons (Fsp3) is 0.0769. The molecule has 0 atom stereocenters. The number of aromatic carboxylic acids is 1. The van der Waals surface area contributed by atoms with Crippen LogP contribution in [0.25, 0.3) is 33.4 Å². The molecule has 0 saturated carbocycles. The minimum Gasteiger partial charge on any atom is -0.478 e. The molecule has 7 nitrogen and oxygen atoms in total. The second-order valence-electron chi connectivity index (χ2n) is 8.00. The topological polar surface area (TPSA) is 90.0 Å². The van der Waals surface area contributed by atoms with Gasteiger partial charge in [0.1, 0.15) is 5.69 Å². The van der Waals surface area contributed by atoms with E-state index >= 15 is 0 Å². The van der Waals surface area contributed by atoms with Gasteiger partial charge in [-0.2, -0.15) is 9.78 Å². The van der Waals surface area contributed by atoms with Gasteiger partial charge in [0.15, 0.2) is 0 Å². The molecule has 8 heteroatoms. The number of nitrogens with zero attached hydrogens (tertiary/aromatic N) is 4. The van der Waals surface area contributed by atoms with E-state index in [2.05, 4.69) is 10.1 Å². The van der Waals surface area contributed by atoms with Gasteiger partial charge in [0, 0.05) is 23.6 Å². The first-order valence-electron chi connectivity index (χ1n) is 10.5. The third kappa shape index (κ3) is 3.56. The summed E-state index contributed by atoms with van der Waals surface area (Å²) in [5.74, 6) is -1.35. The van der Waals surface area contributed by atoms with Gasteiger partial charge >= 0.3 is 5.97 Å². The number of imidazole rings is 1. The summed E-state index contributed by atoms with van der Waals surface area (Å²) in [6, 6.07) is 17.5. The van der Waals surface area contributed by atoms with E-state index in [9.17, 15) is 14.7 Å². The Morgan fingerprint density at radius 3 is 2.38 bits per heavy atom. The highest BCUT2D eigenvalue weighted by Gasteiger charge is 2.22. The predicted octanol–water partition coefficient (Wildman–Crippen LogP) is 5.45. The summed E-state index contributed by atoms with van der Waals surface area (Å²) in [5, 5.41) is 15.0. The summed E-state index contributed by atoms with van der Waals surface area (Å²) in [6.07, 6.45) is 3.47. The van der Waals surface area contributed by atoms with Crippen molar-refractivity contribution in [3.05, 3.63) is 94.9 Å². The molecule has 0 aliphatic heterocycles. The SMILES string of the molecule is Cc1cccc(Cl)c1C(=O)n1nc(-c2ccc(C(=O)O)cc2)c2ccc(-c3cncn3C)cc21. The number of hydrogen-bond acceptors (Lipinski definition) is 4. The van der Waals surface area contributed by atoms with Gasteiger partial charge in [-0.25, -0.2) is 9.78 Å². The van der Waals surface area contributed by atoms with Gasteiger partial charge in [-0.3, -0.25) is 4.79 Å². The van der Waals surface area contributed by atoms with Crippen LogP contribution >= 0.6 is 11.6 Å². The fourth-order valence-corrected chi connectivity index (χ4v) is 4.36. The van der Waals surface area contributed by atoms with Crippen LogP contribution in [0.2, 0.25) is 5.02 Å². The lowest BCUT2D eigenvalue weighted by Crippen LogP contribution is -2.15. The molecule has 0 radical (unpaired) electrons. The van der Waals surface area contributed by atoms with Gasteiger partial charge in [0.25, 0.3) is 5.91 Å². The maximum atomic E-state index is 13.7. The first-order chi connectivity index (χ1) is 16.3. The number of aryl methyl sites for hydroxylation is 2. The molecule has 0 unspecified atom stereocenters. The molecule has 0 aliphatic rings. The average Bonchev–Trinajstić information content (AvgIpc) is 3.42. The normalized spacial score (nSPS) is 11.1. The highest BCUT2D eigenvalue weighted by Crippen LogP contribution is 2.33. The molecule has 0 bridgehead atoms. The molecule has 1 N–H and O–H groups in total. The molecule has 5 aromatic rings. The number of aromatic nitrogens is 4. The second-order valence-corrected chi connectivity index (χ2v) is 8.41. The molecule has 5 rings (SSSR count). The molecule has 168 valence electrons. The zero-order chi connectivity index (χ0) is 24.0. The van der Waals surface area contributed by atoms with Crippen molar-refractivity contribution in [2.75, 3.05) is 0 Å². The van der Waals surface area contributed by atoms with Crippen LogP contribution < -0.4 is 0 Å². The lowest BCUT2D eigenvalue weighted by atomic mass is 10.0. The lowest BCUT2D eigenvalue weighted by Gasteiger charge is -2.09. The van der Waals surface area contributed by atoms with Gasteiger partial charge in [-0.15, -0.1) is 0 Å². The summed E-state index contributed by atoms with van der Waals surface area (Å²) in [6.45, 7) is 1.83. The smallest absolute Gasteiger partial charge is 0.335 e. The Bertz CT molecular complexity index is 1560. The highest BCUT2D eigenvalue weighted by atomic mass is 35.5. The maximum Gasteiger partial charge on any atom is 0.335 e. The minimum atomic E-state index is -1.01. The van der Waals surface area contributed by atoms with E-state index in [0.717, 1.165) is 22.2 Å². The predicted molar refractivity (Wildman–Crippen MR) is 130 cm³/mol. The van der Waals surface area contributed by atoms with Gasteiger partial charge in [-0.1, -0.05) is 41.9 Å². The average molecular weight is 471 g/mol. The van der Waals surface area contributed by atoms with Gasteiger partial charge in [0.05, 0.1) is 39.9 Å².